The highest BCUT2D eigenvalue weighted by Gasteiger charge is 2.17. The number of fused-ring (bicyclic) bond motifs is 1. The van der Waals surface area contributed by atoms with E-state index < -0.39 is 0 Å². The van der Waals surface area contributed by atoms with Crippen molar-refractivity contribution in [3.8, 4) is 0 Å². The molecule has 0 radical (unpaired) electrons. The van der Waals surface area contributed by atoms with Gasteiger partial charge in [0.05, 0.1) is 10.9 Å². The molecule has 0 bridgehead atoms. The van der Waals surface area contributed by atoms with Gasteiger partial charge in [0.25, 0.3) is 0 Å². The second-order valence-electron chi connectivity index (χ2n) is 4.46. The number of hydrogen-bond acceptors (Lipinski definition) is 2. The molecule has 0 aromatic carbocycles. The minimum absolute atomic E-state index is 0.230. The van der Waals surface area contributed by atoms with E-state index in [0.717, 1.165) is 5.52 Å². The molecule has 0 aliphatic carbocycles. The molecule has 1 unspecified atom stereocenters. The van der Waals surface area contributed by atoms with Crippen molar-refractivity contribution < 1.29 is 4.39 Å². The maximum atomic E-state index is 13.8. The summed E-state index contributed by atoms with van der Waals surface area (Å²) < 4.78 is 15.7. The normalized spacial score (nSPS) is 13.6. The number of pyridine rings is 1. The van der Waals surface area contributed by atoms with Crippen LogP contribution in [-0.2, 0) is 0 Å². The Labute approximate surface area is 94.1 Å². The van der Waals surface area contributed by atoms with E-state index in [0.29, 0.717) is 11.3 Å². The van der Waals surface area contributed by atoms with Crippen LogP contribution in [-0.4, -0.2) is 9.55 Å². The molecule has 0 amide bonds. The summed E-state index contributed by atoms with van der Waals surface area (Å²) in [6.45, 7) is 6.29. The first-order chi connectivity index (χ1) is 7.52. The van der Waals surface area contributed by atoms with Gasteiger partial charge in [0.2, 0.25) is 0 Å². The maximum Gasteiger partial charge on any atom is 0.152 e. The summed E-state index contributed by atoms with van der Waals surface area (Å²) in [5.74, 6) is 0.391. The van der Waals surface area contributed by atoms with E-state index in [-0.39, 0.29) is 17.7 Å². The Morgan fingerprint density at radius 2 is 2.06 bits per heavy atom. The number of nitrogens with zero attached hydrogens (tertiary/aromatic N) is 2. The molecule has 4 heteroatoms. The molecule has 2 N–H and O–H groups in total. The topological polar surface area (TPSA) is 43.8 Å². The van der Waals surface area contributed by atoms with Gasteiger partial charge in [-0.05, 0) is 18.9 Å². The van der Waals surface area contributed by atoms with E-state index in [1.54, 1.807) is 12.3 Å². The van der Waals surface area contributed by atoms with Gasteiger partial charge in [0.15, 0.2) is 5.82 Å². The van der Waals surface area contributed by atoms with E-state index in [2.05, 4.69) is 25.8 Å². The van der Waals surface area contributed by atoms with Crippen LogP contribution in [0.25, 0.3) is 10.9 Å². The standard InChI is InChI=1S/C12H16FN3/c1-7(2)8(3)16-6-9(13)11-10(16)4-5-15-12(11)14/h4-8H,1-3H3,(H2,14,15). The van der Waals surface area contributed by atoms with Crippen molar-refractivity contribution in [2.24, 2.45) is 5.92 Å². The smallest absolute Gasteiger partial charge is 0.152 e. The molecule has 86 valence electrons. The molecular weight excluding hydrogens is 205 g/mol. The van der Waals surface area contributed by atoms with Crippen LogP contribution in [0.15, 0.2) is 18.5 Å². The zero-order valence-electron chi connectivity index (χ0n) is 9.74. The van der Waals surface area contributed by atoms with Crippen molar-refractivity contribution in [1.29, 1.82) is 0 Å². The van der Waals surface area contributed by atoms with E-state index in [1.165, 1.54) is 6.20 Å². The maximum absolute atomic E-state index is 13.8. The Morgan fingerprint density at radius 1 is 1.38 bits per heavy atom. The third-order valence-electron chi connectivity index (χ3n) is 3.13. The van der Waals surface area contributed by atoms with E-state index in [9.17, 15) is 4.39 Å². The fourth-order valence-electron chi connectivity index (χ4n) is 1.84. The van der Waals surface area contributed by atoms with Gasteiger partial charge < -0.3 is 10.3 Å². The monoisotopic (exact) mass is 221 g/mol. The lowest BCUT2D eigenvalue weighted by molar-refractivity contribution is 0.415. The Hall–Kier alpha value is -1.58. The van der Waals surface area contributed by atoms with Crippen molar-refractivity contribution in [2.45, 2.75) is 26.8 Å². The number of halogens is 1. The zero-order valence-corrected chi connectivity index (χ0v) is 9.74. The molecule has 2 aromatic heterocycles. The molecule has 0 aliphatic heterocycles. The van der Waals surface area contributed by atoms with Crippen molar-refractivity contribution >= 4 is 16.7 Å². The molecule has 16 heavy (non-hydrogen) atoms. The molecule has 0 aliphatic rings. The molecule has 2 heterocycles. The van der Waals surface area contributed by atoms with Gasteiger partial charge in [-0.15, -0.1) is 0 Å². The van der Waals surface area contributed by atoms with Crippen LogP contribution in [0, 0.1) is 11.7 Å². The predicted octanol–water partition coefficient (Wildman–Crippen LogP) is 2.97. The quantitative estimate of drug-likeness (QED) is 0.847. The number of anilines is 1. The highest BCUT2D eigenvalue weighted by molar-refractivity contribution is 5.89. The lowest BCUT2D eigenvalue weighted by Gasteiger charge is -2.18. The van der Waals surface area contributed by atoms with Gasteiger partial charge in [-0.3, -0.25) is 0 Å². The second kappa shape index (κ2) is 3.77. The summed E-state index contributed by atoms with van der Waals surface area (Å²) in [6.07, 6.45) is 3.12. The Bertz CT molecular complexity index is 516. The second-order valence-corrected chi connectivity index (χ2v) is 4.46. The van der Waals surface area contributed by atoms with Gasteiger partial charge in [0.1, 0.15) is 5.82 Å². The first kappa shape index (κ1) is 10.9. The zero-order chi connectivity index (χ0) is 11.9. The first-order valence-corrected chi connectivity index (χ1v) is 5.43. The number of aromatic nitrogens is 2. The van der Waals surface area contributed by atoms with Crippen molar-refractivity contribution in [3.05, 3.63) is 24.3 Å². The highest BCUT2D eigenvalue weighted by atomic mass is 19.1. The lowest BCUT2D eigenvalue weighted by atomic mass is 10.1. The van der Waals surface area contributed by atoms with Crippen LogP contribution in [0.4, 0.5) is 10.2 Å². The SMILES string of the molecule is CC(C)C(C)n1cc(F)c2c(N)nccc21. The third-order valence-corrected chi connectivity index (χ3v) is 3.13. The van der Waals surface area contributed by atoms with Gasteiger partial charge in [-0.25, -0.2) is 9.37 Å². The van der Waals surface area contributed by atoms with Crippen LogP contribution in [0.2, 0.25) is 0 Å². The predicted molar refractivity (Wildman–Crippen MR) is 63.7 cm³/mol. The van der Waals surface area contributed by atoms with Crippen molar-refractivity contribution in [2.75, 3.05) is 5.73 Å². The van der Waals surface area contributed by atoms with E-state index in [1.807, 2.05) is 4.57 Å². The average Bonchev–Trinajstić information content (AvgIpc) is 2.56. The van der Waals surface area contributed by atoms with Gasteiger partial charge in [-0.2, -0.15) is 0 Å². The summed E-state index contributed by atoms with van der Waals surface area (Å²) >= 11 is 0. The lowest BCUT2D eigenvalue weighted by Crippen LogP contribution is -2.10. The Morgan fingerprint density at radius 3 is 2.69 bits per heavy atom. The Balaban J connectivity index is 2.69. The highest BCUT2D eigenvalue weighted by Crippen LogP contribution is 2.29. The van der Waals surface area contributed by atoms with Crippen LogP contribution in [0.5, 0.6) is 0 Å². The van der Waals surface area contributed by atoms with Crippen molar-refractivity contribution in [1.82, 2.24) is 9.55 Å². The molecule has 0 saturated heterocycles. The van der Waals surface area contributed by atoms with Crippen LogP contribution in [0.3, 0.4) is 0 Å². The molecule has 1 atom stereocenters. The fraction of sp³-hybridized carbons (Fsp3) is 0.417. The number of nitrogens with two attached hydrogens (primary N) is 1. The minimum atomic E-state index is -0.298. The summed E-state index contributed by atoms with van der Waals surface area (Å²) in [5.41, 5.74) is 6.49. The molecular formula is C12H16FN3. The molecule has 0 fully saturated rings. The summed E-state index contributed by atoms with van der Waals surface area (Å²) in [6, 6.07) is 2.03. The minimum Gasteiger partial charge on any atom is -0.383 e. The van der Waals surface area contributed by atoms with Crippen molar-refractivity contribution in [3.63, 3.8) is 0 Å². The molecule has 0 spiro atoms. The van der Waals surface area contributed by atoms with Gasteiger partial charge in [-0.1, -0.05) is 13.8 Å². The first-order valence-electron chi connectivity index (χ1n) is 5.43. The van der Waals surface area contributed by atoms with Crippen LogP contribution in [0.1, 0.15) is 26.8 Å². The third kappa shape index (κ3) is 1.54. The summed E-state index contributed by atoms with van der Waals surface area (Å²) in [5, 5.41) is 0.426. The summed E-state index contributed by atoms with van der Waals surface area (Å²) in [7, 11) is 0. The number of hydrogen-bond donors (Lipinski definition) is 1. The molecule has 3 nitrogen and oxygen atoms in total. The molecule has 0 saturated carbocycles. The van der Waals surface area contributed by atoms with E-state index >= 15 is 0 Å². The molecule has 2 aromatic rings. The van der Waals surface area contributed by atoms with E-state index in [4.69, 9.17) is 5.73 Å². The fourth-order valence-corrected chi connectivity index (χ4v) is 1.84. The number of nitrogen functional groups attached to an aromatic ring is 1. The molecule has 2 rings (SSSR count). The van der Waals surface area contributed by atoms with Crippen LogP contribution >= 0.6 is 0 Å². The number of rotatable bonds is 2. The Kier molecular flexibility index (Phi) is 2.58. The van der Waals surface area contributed by atoms with Gasteiger partial charge in [0, 0.05) is 18.4 Å². The largest absolute Gasteiger partial charge is 0.383 e. The van der Waals surface area contributed by atoms with Crippen LogP contribution < -0.4 is 5.73 Å². The summed E-state index contributed by atoms with van der Waals surface area (Å²) in [4.78, 5) is 3.91. The average molecular weight is 221 g/mol. The van der Waals surface area contributed by atoms with Gasteiger partial charge >= 0.3 is 0 Å².